The van der Waals surface area contributed by atoms with E-state index in [1.54, 1.807) is 30.0 Å². The molecule has 1 amide bonds. The molecule has 0 spiro atoms. The highest BCUT2D eigenvalue weighted by atomic mass is 16.5. The number of fused-ring (bicyclic) bond motifs is 1. The van der Waals surface area contributed by atoms with Gasteiger partial charge in [-0.1, -0.05) is 12.1 Å². The second kappa shape index (κ2) is 6.36. The number of hydrogen-bond donors (Lipinski definition) is 2. The Morgan fingerprint density at radius 3 is 2.77 bits per heavy atom. The molecule has 7 heteroatoms. The maximum Gasteiger partial charge on any atom is 0.257 e. The molecule has 130 valence electrons. The van der Waals surface area contributed by atoms with E-state index in [9.17, 15) is 4.79 Å². The lowest BCUT2D eigenvalue weighted by Crippen LogP contribution is -2.13. The molecule has 0 bridgehead atoms. The number of methoxy groups -OCH3 is 1. The number of aromatic amines is 1. The van der Waals surface area contributed by atoms with Crippen LogP contribution in [0.15, 0.2) is 54.7 Å². The molecule has 2 aromatic carbocycles. The normalized spacial score (nSPS) is 10.8. The van der Waals surface area contributed by atoms with Crippen molar-refractivity contribution >= 4 is 22.9 Å². The maximum atomic E-state index is 12.6. The Bertz CT molecular complexity index is 1060. The standard InChI is InChI=1S/C19H17N5O2/c1-24-10-9-14(23-24)13-11-12(7-8-17(13)26-2)18(25)22-19-20-15-5-3-4-6-16(15)21-19/h3-11H,1-2H3,(H2,20,21,22,25). The third-order valence-electron chi connectivity index (χ3n) is 4.07. The fraction of sp³-hybridized carbons (Fsp3) is 0.105. The predicted octanol–water partition coefficient (Wildman–Crippen LogP) is 3.22. The van der Waals surface area contributed by atoms with E-state index in [2.05, 4.69) is 20.4 Å². The number of imidazole rings is 1. The third-order valence-corrected chi connectivity index (χ3v) is 4.07. The average molecular weight is 347 g/mol. The van der Waals surface area contributed by atoms with Gasteiger partial charge in [-0.3, -0.25) is 14.8 Å². The zero-order valence-corrected chi connectivity index (χ0v) is 14.4. The molecular formula is C19H17N5O2. The second-order valence-electron chi connectivity index (χ2n) is 5.85. The molecule has 0 radical (unpaired) electrons. The van der Waals surface area contributed by atoms with Gasteiger partial charge in [0.05, 0.1) is 23.8 Å². The second-order valence-corrected chi connectivity index (χ2v) is 5.85. The van der Waals surface area contributed by atoms with Gasteiger partial charge in [-0.15, -0.1) is 0 Å². The first-order valence-corrected chi connectivity index (χ1v) is 8.08. The Morgan fingerprint density at radius 1 is 1.19 bits per heavy atom. The molecule has 2 aromatic heterocycles. The molecule has 7 nitrogen and oxygen atoms in total. The van der Waals surface area contributed by atoms with Crippen LogP contribution in [0.25, 0.3) is 22.3 Å². The third kappa shape index (κ3) is 2.90. The molecule has 4 rings (SSSR count). The summed E-state index contributed by atoms with van der Waals surface area (Å²) in [7, 11) is 3.43. The number of anilines is 1. The van der Waals surface area contributed by atoms with Gasteiger partial charge in [-0.2, -0.15) is 5.10 Å². The lowest BCUT2D eigenvalue weighted by molar-refractivity contribution is 0.102. The van der Waals surface area contributed by atoms with Crippen molar-refractivity contribution in [2.24, 2.45) is 7.05 Å². The fourth-order valence-electron chi connectivity index (χ4n) is 2.80. The van der Waals surface area contributed by atoms with Crippen molar-refractivity contribution in [2.75, 3.05) is 12.4 Å². The van der Waals surface area contributed by atoms with Gasteiger partial charge in [0.15, 0.2) is 0 Å². The summed E-state index contributed by atoms with van der Waals surface area (Å²) in [4.78, 5) is 20.1. The molecule has 2 N–H and O–H groups in total. The van der Waals surface area contributed by atoms with Crippen LogP contribution in [0.4, 0.5) is 5.95 Å². The molecular weight excluding hydrogens is 330 g/mol. The van der Waals surface area contributed by atoms with Gasteiger partial charge in [-0.05, 0) is 36.4 Å². The van der Waals surface area contributed by atoms with Crippen LogP contribution in [0.5, 0.6) is 5.75 Å². The van der Waals surface area contributed by atoms with Crippen LogP contribution in [0.1, 0.15) is 10.4 Å². The first kappa shape index (κ1) is 15.9. The lowest BCUT2D eigenvalue weighted by atomic mass is 10.1. The molecule has 26 heavy (non-hydrogen) atoms. The first-order chi connectivity index (χ1) is 12.6. The number of nitrogens with one attached hydrogen (secondary N) is 2. The zero-order chi connectivity index (χ0) is 18.1. The van der Waals surface area contributed by atoms with Crippen LogP contribution in [0.3, 0.4) is 0 Å². The van der Waals surface area contributed by atoms with E-state index >= 15 is 0 Å². The number of para-hydroxylation sites is 2. The highest BCUT2D eigenvalue weighted by Gasteiger charge is 2.15. The topological polar surface area (TPSA) is 84.8 Å². The van der Waals surface area contributed by atoms with Crippen LogP contribution in [0.2, 0.25) is 0 Å². The van der Waals surface area contributed by atoms with E-state index in [-0.39, 0.29) is 5.91 Å². The number of amides is 1. The summed E-state index contributed by atoms with van der Waals surface area (Å²) in [5.74, 6) is 0.805. The van der Waals surface area contributed by atoms with Crippen molar-refractivity contribution in [2.45, 2.75) is 0 Å². The molecule has 0 saturated carbocycles. The quantitative estimate of drug-likeness (QED) is 0.593. The lowest BCUT2D eigenvalue weighted by Gasteiger charge is -2.09. The van der Waals surface area contributed by atoms with Gasteiger partial charge in [0, 0.05) is 24.4 Å². The van der Waals surface area contributed by atoms with Crippen LogP contribution in [-0.2, 0) is 7.05 Å². The SMILES string of the molecule is COc1ccc(C(=O)Nc2nc3ccccc3[nH]2)cc1-c1ccn(C)n1. The number of aryl methyl sites for hydroxylation is 1. The summed E-state index contributed by atoms with van der Waals surface area (Å²) in [6.45, 7) is 0. The van der Waals surface area contributed by atoms with Crippen molar-refractivity contribution in [1.82, 2.24) is 19.7 Å². The summed E-state index contributed by atoms with van der Waals surface area (Å²) in [5.41, 5.74) is 3.65. The molecule has 0 aliphatic carbocycles. The number of carbonyl (C=O) groups excluding carboxylic acids is 1. The van der Waals surface area contributed by atoms with Gasteiger partial charge >= 0.3 is 0 Å². The van der Waals surface area contributed by atoms with Crippen molar-refractivity contribution in [3.05, 3.63) is 60.3 Å². The largest absolute Gasteiger partial charge is 0.496 e. The number of benzene rings is 2. The van der Waals surface area contributed by atoms with Crippen molar-refractivity contribution in [3.8, 4) is 17.0 Å². The van der Waals surface area contributed by atoms with Crippen molar-refractivity contribution < 1.29 is 9.53 Å². The predicted molar refractivity (Wildman–Crippen MR) is 99.2 cm³/mol. The summed E-state index contributed by atoms with van der Waals surface area (Å²) >= 11 is 0. The Hall–Kier alpha value is -3.61. The number of rotatable bonds is 4. The van der Waals surface area contributed by atoms with Crippen LogP contribution in [-0.4, -0.2) is 32.8 Å². The fourth-order valence-corrected chi connectivity index (χ4v) is 2.80. The van der Waals surface area contributed by atoms with Crippen molar-refractivity contribution in [3.63, 3.8) is 0 Å². The minimum Gasteiger partial charge on any atom is -0.496 e. The highest BCUT2D eigenvalue weighted by Crippen LogP contribution is 2.30. The molecule has 0 atom stereocenters. The average Bonchev–Trinajstić information content (AvgIpc) is 3.26. The molecule has 0 aliphatic heterocycles. The van der Waals surface area contributed by atoms with E-state index in [1.165, 1.54) is 0 Å². The number of nitrogens with zero attached hydrogens (tertiary/aromatic N) is 3. The Morgan fingerprint density at radius 2 is 2.04 bits per heavy atom. The van der Waals surface area contributed by atoms with Gasteiger partial charge in [0.2, 0.25) is 5.95 Å². The Balaban J connectivity index is 1.65. The summed E-state index contributed by atoms with van der Waals surface area (Å²) in [6, 6.07) is 14.7. The van der Waals surface area contributed by atoms with E-state index in [4.69, 9.17) is 4.74 Å². The molecule has 2 heterocycles. The van der Waals surface area contributed by atoms with Gasteiger partial charge in [0.25, 0.3) is 5.91 Å². The molecule has 4 aromatic rings. The van der Waals surface area contributed by atoms with Crippen LogP contribution < -0.4 is 10.1 Å². The van der Waals surface area contributed by atoms with Crippen LogP contribution >= 0.6 is 0 Å². The number of H-pyrrole nitrogens is 1. The smallest absolute Gasteiger partial charge is 0.257 e. The monoisotopic (exact) mass is 347 g/mol. The minimum atomic E-state index is -0.260. The first-order valence-electron chi connectivity index (χ1n) is 8.08. The molecule has 0 unspecified atom stereocenters. The number of aromatic nitrogens is 4. The van der Waals surface area contributed by atoms with Crippen LogP contribution in [0, 0.1) is 0 Å². The minimum absolute atomic E-state index is 0.260. The summed E-state index contributed by atoms with van der Waals surface area (Å²) in [5, 5.41) is 7.19. The van der Waals surface area contributed by atoms with Crippen molar-refractivity contribution in [1.29, 1.82) is 0 Å². The number of hydrogen-bond acceptors (Lipinski definition) is 4. The van der Waals surface area contributed by atoms with Gasteiger partial charge in [0.1, 0.15) is 5.75 Å². The van der Waals surface area contributed by atoms with E-state index in [1.807, 2.05) is 43.6 Å². The Kier molecular flexibility index (Phi) is 3.89. The summed E-state index contributed by atoms with van der Waals surface area (Å²) < 4.78 is 7.11. The van der Waals surface area contributed by atoms with E-state index < -0.39 is 0 Å². The Labute approximate surface area is 149 Å². The van der Waals surface area contributed by atoms with E-state index in [0.717, 1.165) is 22.3 Å². The molecule has 0 aliphatic rings. The number of ether oxygens (including phenoxy) is 1. The van der Waals surface area contributed by atoms with Gasteiger partial charge < -0.3 is 9.72 Å². The highest BCUT2D eigenvalue weighted by molar-refractivity contribution is 6.05. The van der Waals surface area contributed by atoms with Gasteiger partial charge in [-0.25, -0.2) is 4.98 Å². The molecule has 0 saturated heterocycles. The molecule has 0 fully saturated rings. The zero-order valence-electron chi connectivity index (χ0n) is 14.4. The van der Waals surface area contributed by atoms with E-state index in [0.29, 0.717) is 17.3 Å². The summed E-state index contributed by atoms with van der Waals surface area (Å²) in [6.07, 6.45) is 1.84. The maximum absolute atomic E-state index is 12.6. The number of carbonyl (C=O) groups is 1.